The van der Waals surface area contributed by atoms with Crippen LogP contribution in [0.4, 0.5) is 4.39 Å². The van der Waals surface area contributed by atoms with E-state index in [4.69, 9.17) is 14.2 Å². The van der Waals surface area contributed by atoms with E-state index >= 15 is 0 Å². The number of phenolic OH excluding ortho intramolecular Hbond substituents is 1. The van der Waals surface area contributed by atoms with Gasteiger partial charge in [-0.25, -0.2) is 4.39 Å². The molecule has 2 N–H and O–H groups in total. The normalized spacial score (nSPS) is 19.9. The summed E-state index contributed by atoms with van der Waals surface area (Å²) in [7, 11) is 2.70. The van der Waals surface area contributed by atoms with E-state index in [0.717, 1.165) is 19.2 Å². The molecule has 1 amide bonds. The van der Waals surface area contributed by atoms with Crippen LogP contribution in [-0.4, -0.2) is 85.3 Å². The maximum absolute atomic E-state index is 14.4. The number of morpholine rings is 1. The summed E-state index contributed by atoms with van der Waals surface area (Å²) >= 11 is 3.29. The fraction of sp³-hybridized carbons (Fsp3) is 0.385. The molecule has 9 nitrogen and oxygen atoms in total. The highest BCUT2D eigenvalue weighted by molar-refractivity contribution is 9.10. The number of rotatable bonds is 8. The quantitative estimate of drug-likeness (QED) is 0.278. The largest absolute Gasteiger partial charge is 0.507 e. The standard InChI is InChI=1S/C26H28BrFN2O7/c1-35-19-5-4-15(13-18(19)28)23(31)21-22(16-12-17(27)24(32)20(14-16)36-2)30(26(34)25(21)33)7-3-6-29-8-10-37-11-9-29/h4-5,12-14,22,31-32H,3,6-11H2,1-2H3/t22-/m0/s1. The fourth-order valence-electron chi connectivity index (χ4n) is 4.62. The van der Waals surface area contributed by atoms with Crippen molar-refractivity contribution in [3.63, 3.8) is 0 Å². The zero-order valence-electron chi connectivity index (χ0n) is 20.5. The highest BCUT2D eigenvalue weighted by Gasteiger charge is 2.46. The maximum atomic E-state index is 14.4. The van der Waals surface area contributed by atoms with Crippen molar-refractivity contribution in [2.75, 3.05) is 53.6 Å². The molecule has 2 aromatic rings. The number of phenols is 1. The van der Waals surface area contributed by atoms with Crippen LogP contribution < -0.4 is 9.47 Å². The highest BCUT2D eigenvalue weighted by atomic mass is 79.9. The zero-order chi connectivity index (χ0) is 26.7. The van der Waals surface area contributed by atoms with Gasteiger partial charge in [0.05, 0.1) is 43.5 Å². The Hall–Kier alpha value is -3.15. The molecule has 0 bridgehead atoms. The van der Waals surface area contributed by atoms with Crippen LogP contribution in [0.3, 0.4) is 0 Å². The Morgan fingerprint density at radius 2 is 1.81 bits per heavy atom. The molecule has 198 valence electrons. The first-order valence-corrected chi connectivity index (χ1v) is 12.5. The first-order chi connectivity index (χ1) is 17.8. The number of benzene rings is 2. The molecule has 0 radical (unpaired) electrons. The van der Waals surface area contributed by atoms with E-state index in [-0.39, 0.29) is 39.4 Å². The van der Waals surface area contributed by atoms with Crippen molar-refractivity contribution in [2.45, 2.75) is 12.5 Å². The number of ketones is 1. The molecule has 0 spiro atoms. The Bertz CT molecular complexity index is 1230. The van der Waals surface area contributed by atoms with Crippen molar-refractivity contribution >= 4 is 33.4 Å². The SMILES string of the molecule is COc1ccc(C(O)=C2C(=O)C(=O)N(CCCN3CCOCC3)[C@H]2c2cc(Br)c(O)c(OC)c2)cc1F. The number of aliphatic hydroxyl groups excluding tert-OH is 1. The molecule has 2 fully saturated rings. The summed E-state index contributed by atoms with van der Waals surface area (Å²) in [6.45, 7) is 3.79. The van der Waals surface area contributed by atoms with Gasteiger partial charge in [-0.2, -0.15) is 0 Å². The second-order valence-corrected chi connectivity index (χ2v) is 9.56. The van der Waals surface area contributed by atoms with Gasteiger partial charge in [0, 0.05) is 31.7 Å². The number of hydrogen-bond acceptors (Lipinski definition) is 8. The molecule has 11 heteroatoms. The first-order valence-electron chi connectivity index (χ1n) is 11.8. The number of likely N-dealkylation sites (tertiary alicyclic amines) is 1. The van der Waals surface area contributed by atoms with Crippen molar-refractivity contribution in [3.05, 3.63) is 57.3 Å². The number of nitrogens with zero attached hydrogens (tertiary/aromatic N) is 2. The minimum atomic E-state index is -0.986. The Morgan fingerprint density at radius 3 is 2.46 bits per heavy atom. The number of halogens is 2. The van der Waals surface area contributed by atoms with E-state index in [9.17, 15) is 24.2 Å². The number of carbonyl (C=O) groups excluding carboxylic acids is 2. The van der Waals surface area contributed by atoms with Crippen LogP contribution in [0.25, 0.3) is 5.76 Å². The number of aromatic hydroxyl groups is 1. The van der Waals surface area contributed by atoms with Crippen molar-refractivity contribution in [1.29, 1.82) is 0 Å². The first kappa shape index (κ1) is 26.9. The van der Waals surface area contributed by atoms with E-state index in [1.807, 2.05) is 0 Å². The van der Waals surface area contributed by atoms with Crippen LogP contribution in [-0.2, 0) is 14.3 Å². The number of ether oxygens (including phenoxy) is 3. The number of hydrogen-bond donors (Lipinski definition) is 2. The molecular formula is C26H28BrFN2O7. The minimum absolute atomic E-state index is 0.0242. The van der Waals surface area contributed by atoms with Gasteiger partial charge < -0.3 is 29.3 Å². The molecule has 2 aliphatic rings. The fourth-order valence-corrected chi connectivity index (χ4v) is 5.08. The van der Waals surface area contributed by atoms with E-state index in [1.165, 1.54) is 37.3 Å². The number of aliphatic hydroxyl groups is 1. The number of Topliss-reactive ketones (excluding diaryl/α,β-unsaturated/α-hetero) is 1. The predicted octanol–water partition coefficient (Wildman–Crippen LogP) is 3.46. The van der Waals surface area contributed by atoms with Crippen LogP contribution in [0.15, 0.2) is 40.4 Å². The summed E-state index contributed by atoms with van der Waals surface area (Å²) in [5.74, 6) is -2.94. The molecule has 37 heavy (non-hydrogen) atoms. The third-order valence-electron chi connectivity index (χ3n) is 6.53. The highest BCUT2D eigenvalue weighted by Crippen LogP contribution is 2.44. The molecule has 0 aliphatic carbocycles. The summed E-state index contributed by atoms with van der Waals surface area (Å²) < 4.78 is 30.3. The molecule has 1 atom stereocenters. The van der Waals surface area contributed by atoms with E-state index in [2.05, 4.69) is 20.8 Å². The van der Waals surface area contributed by atoms with E-state index in [1.54, 1.807) is 6.07 Å². The summed E-state index contributed by atoms with van der Waals surface area (Å²) in [4.78, 5) is 30.1. The Morgan fingerprint density at radius 1 is 1.11 bits per heavy atom. The lowest BCUT2D eigenvalue weighted by Crippen LogP contribution is -2.39. The summed E-state index contributed by atoms with van der Waals surface area (Å²) in [5.41, 5.74) is 0.280. The lowest BCUT2D eigenvalue weighted by molar-refractivity contribution is -0.140. The number of carbonyl (C=O) groups is 2. The second-order valence-electron chi connectivity index (χ2n) is 8.70. The lowest BCUT2D eigenvalue weighted by Gasteiger charge is -2.29. The van der Waals surface area contributed by atoms with Gasteiger partial charge in [0.2, 0.25) is 0 Å². The van der Waals surface area contributed by atoms with Crippen molar-refractivity contribution in [1.82, 2.24) is 9.80 Å². The van der Waals surface area contributed by atoms with Crippen molar-refractivity contribution < 1.29 is 38.4 Å². The Labute approximate surface area is 222 Å². The van der Waals surface area contributed by atoms with Gasteiger partial charge >= 0.3 is 0 Å². The molecule has 0 unspecified atom stereocenters. The van der Waals surface area contributed by atoms with Crippen LogP contribution in [0.1, 0.15) is 23.6 Å². The van der Waals surface area contributed by atoms with Crippen LogP contribution in [0.2, 0.25) is 0 Å². The monoisotopic (exact) mass is 578 g/mol. The van der Waals surface area contributed by atoms with E-state index < -0.39 is 29.3 Å². The Balaban J connectivity index is 1.76. The number of amides is 1. The van der Waals surface area contributed by atoms with Crippen LogP contribution >= 0.6 is 15.9 Å². The molecule has 2 aliphatic heterocycles. The van der Waals surface area contributed by atoms with Gasteiger partial charge in [0.1, 0.15) is 5.76 Å². The molecule has 2 aromatic carbocycles. The van der Waals surface area contributed by atoms with Crippen LogP contribution in [0, 0.1) is 5.82 Å². The third-order valence-corrected chi connectivity index (χ3v) is 7.13. The van der Waals surface area contributed by atoms with Gasteiger partial charge in [-0.1, -0.05) is 0 Å². The molecule has 2 saturated heterocycles. The zero-order valence-corrected chi connectivity index (χ0v) is 22.1. The van der Waals surface area contributed by atoms with Gasteiger partial charge in [-0.05, 0) is 58.2 Å². The van der Waals surface area contributed by atoms with E-state index in [0.29, 0.717) is 31.7 Å². The molecule has 4 rings (SSSR count). The maximum Gasteiger partial charge on any atom is 0.295 e. The summed E-state index contributed by atoms with van der Waals surface area (Å²) in [6.07, 6.45) is 0.580. The van der Waals surface area contributed by atoms with Crippen molar-refractivity contribution in [3.8, 4) is 17.2 Å². The van der Waals surface area contributed by atoms with Crippen molar-refractivity contribution in [2.24, 2.45) is 0 Å². The molecule has 2 heterocycles. The Kier molecular flexibility index (Phi) is 8.35. The predicted molar refractivity (Wildman–Crippen MR) is 136 cm³/mol. The van der Waals surface area contributed by atoms with Gasteiger partial charge in [-0.15, -0.1) is 0 Å². The summed E-state index contributed by atoms with van der Waals surface area (Å²) in [5, 5.41) is 21.5. The number of methoxy groups -OCH3 is 2. The smallest absolute Gasteiger partial charge is 0.295 e. The summed E-state index contributed by atoms with van der Waals surface area (Å²) in [6, 6.07) is 5.87. The topological polar surface area (TPSA) is 109 Å². The molecule has 0 aromatic heterocycles. The van der Waals surface area contributed by atoms with Gasteiger partial charge in [0.25, 0.3) is 11.7 Å². The third kappa shape index (κ3) is 5.43. The van der Waals surface area contributed by atoms with Gasteiger partial charge in [0.15, 0.2) is 23.1 Å². The molecular weight excluding hydrogens is 551 g/mol. The second kappa shape index (κ2) is 11.5. The average molecular weight is 579 g/mol. The lowest BCUT2D eigenvalue weighted by atomic mass is 9.94. The molecule has 0 saturated carbocycles. The van der Waals surface area contributed by atoms with Gasteiger partial charge in [-0.3, -0.25) is 14.5 Å². The average Bonchev–Trinajstić information content (AvgIpc) is 3.15. The van der Waals surface area contributed by atoms with Crippen LogP contribution in [0.5, 0.6) is 17.2 Å². The minimum Gasteiger partial charge on any atom is -0.507 e.